The molecule has 1 aliphatic heterocycles. The minimum absolute atomic E-state index is 0.0744. The van der Waals surface area contributed by atoms with E-state index in [0.29, 0.717) is 42.2 Å². The third-order valence-corrected chi connectivity index (χ3v) is 5.72. The summed E-state index contributed by atoms with van der Waals surface area (Å²) in [7, 11) is 1.52. The van der Waals surface area contributed by atoms with E-state index in [1.807, 2.05) is 0 Å². The molecule has 1 atom stereocenters. The lowest BCUT2D eigenvalue weighted by molar-refractivity contribution is 0.0633. The highest BCUT2D eigenvalue weighted by molar-refractivity contribution is 5.98. The second kappa shape index (κ2) is 9.13. The molecule has 3 aromatic heterocycles. The molecule has 1 unspecified atom stereocenters. The quantitative estimate of drug-likeness (QED) is 0.576. The lowest BCUT2D eigenvalue weighted by Gasteiger charge is -2.32. The summed E-state index contributed by atoms with van der Waals surface area (Å²) in [5.41, 5.74) is 1.22. The number of likely N-dealkylation sites (tertiary alicyclic amines) is 1. The lowest BCUT2D eigenvalue weighted by atomic mass is 9.91. The van der Waals surface area contributed by atoms with E-state index in [2.05, 4.69) is 9.97 Å². The van der Waals surface area contributed by atoms with Gasteiger partial charge in [0.05, 0.1) is 19.0 Å². The number of aryl methyl sites for hydroxylation is 1. The number of pyridine rings is 3. The molecule has 4 rings (SSSR count). The average Bonchev–Trinajstić information content (AvgIpc) is 2.84. The van der Waals surface area contributed by atoms with Crippen molar-refractivity contribution in [3.8, 4) is 11.6 Å². The van der Waals surface area contributed by atoms with Gasteiger partial charge in [-0.15, -0.1) is 0 Å². The molecule has 1 aliphatic rings. The molecular weight excluding hydrogens is 408 g/mol. The van der Waals surface area contributed by atoms with Crippen LogP contribution in [0.4, 0.5) is 0 Å². The first kappa shape index (κ1) is 21.4. The molecule has 164 valence electrons. The SMILES string of the molecule is COc1ccc(-n2ccc(C)c(C(=O)N3CCCC(C(=O)c4ccccn4)C3)c2=O)cn1. The fourth-order valence-electron chi connectivity index (χ4n) is 3.98. The van der Waals surface area contributed by atoms with Gasteiger partial charge in [-0.25, -0.2) is 4.98 Å². The molecule has 0 saturated carbocycles. The van der Waals surface area contributed by atoms with Gasteiger partial charge in [-0.05, 0) is 49.6 Å². The van der Waals surface area contributed by atoms with Gasteiger partial charge in [0.2, 0.25) is 5.88 Å². The highest BCUT2D eigenvalue weighted by Gasteiger charge is 2.31. The summed E-state index contributed by atoms with van der Waals surface area (Å²) in [4.78, 5) is 49.4. The van der Waals surface area contributed by atoms with Crippen LogP contribution in [0.15, 0.2) is 59.8 Å². The summed E-state index contributed by atoms with van der Waals surface area (Å²) in [5, 5.41) is 0. The maximum absolute atomic E-state index is 13.4. The number of hydrogen-bond acceptors (Lipinski definition) is 6. The molecular formula is C24H24N4O4. The first-order valence-electron chi connectivity index (χ1n) is 10.5. The summed E-state index contributed by atoms with van der Waals surface area (Å²) < 4.78 is 6.46. The molecule has 0 spiro atoms. The van der Waals surface area contributed by atoms with Crippen LogP contribution in [0.5, 0.6) is 5.88 Å². The fourth-order valence-corrected chi connectivity index (χ4v) is 3.98. The topological polar surface area (TPSA) is 94.4 Å². The van der Waals surface area contributed by atoms with Crippen LogP contribution in [0.1, 0.15) is 39.3 Å². The van der Waals surface area contributed by atoms with Crippen molar-refractivity contribution in [3.63, 3.8) is 0 Å². The monoisotopic (exact) mass is 432 g/mol. The summed E-state index contributed by atoms with van der Waals surface area (Å²) >= 11 is 0. The van der Waals surface area contributed by atoms with E-state index in [4.69, 9.17) is 4.74 Å². The summed E-state index contributed by atoms with van der Waals surface area (Å²) in [6.45, 7) is 2.51. The van der Waals surface area contributed by atoms with Gasteiger partial charge in [0.15, 0.2) is 5.78 Å². The minimum Gasteiger partial charge on any atom is -0.481 e. The molecule has 0 radical (unpaired) electrons. The number of aromatic nitrogens is 3. The lowest BCUT2D eigenvalue weighted by Crippen LogP contribution is -2.44. The molecule has 8 nitrogen and oxygen atoms in total. The van der Waals surface area contributed by atoms with Crippen LogP contribution >= 0.6 is 0 Å². The second-order valence-electron chi connectivity index (χ2n) is 7.78. The smallest absolute Gasteiger partial charge is 0.268 e. The minimum atomic E-state index is -0.417. The zero-order chi connectivity index (χ0) is 22.7. The predicted molar refractivity (Wildman–Crippen MR) is 118 cm³/mol. The largest absolute Gasteiger partial charge is 0.481 e. The first-order chi connectivity index (χ1) is 15.5. The second-order valence-corrected chi connectivity index (χ2v) is 7.78. The van der Waals surface area contributed by atoms with Gasteiger partial charge in [0, 0.05) is 37.5 Å². The Labute approximate surface area is 185 Å². The van der Waals surface area contributed by atoms with Crippen molar-refractivity contribution in [2.24, 2.45) is 5.92 Å². The first-order valence-corrected chi connectivity index (χ1v) is 10.5. The van der Waals surface area contributed by atoms with E-state index in [1.165, 1.54) is 17.9 Å². The van der Waals surface area contributed by atoms with Crippen molar-refractivity contribution in [2.45, 2.75) is 19.8 Å². The Morgan fingerprint density at radius 1 is 1.12 bits per heavy atom. The van der Waals surface area contributed by atoms with E-state index < -0.39 is 5.56 Å². The van der Waals surface area contributed by atoms with E-state index in [9.17, 15) is 14.4 Å². The van der Waals surface area contributed by atoms with Crippen LogP contribution in [-0.2, 0) is 0 Å². The fraction of sp³-hybridized carbons (Fsp3) is 0.292. The van der Waals surface area contributed by atoms with Crippen molar-refractivity contribution >= 4 is 11.7 Å². The molecule has 4 heterocycles. The molecule has 32 heavy (non-hydrogen) atoms. The standard InChI is InChI=1S/C24H24N4O4/c1-16-10-13-28(18-8-9-20(32-2)26-14-18)24(31)21(16)23(30)27-12-5-6-17(15-27)22(29)19-7-3-4-11-25-19/h3-4,7-11,13-14,17H,5-6,12,15H2,1-2H3. The van der Waals surface area contributed by atoms with Gasteiger partial charge >= 0.3 is 0 Å². The Morgan fingerprint density at radius 2 is 1.97 bits per heavy atom. The van der Waals surface area contributed by atoms with Crippen LogP contribution < -0.4 is 10.3 Å². The number of rotatable bonds is 5. The Bertz CT molecular complexity index is 1190. The molecule has 0 aromatic carbocycles. The number of piperidine rings is 1. The molecule has 0 bridgehead atoms. The van der Waals surface area contributed by atoms with E-state index >= 15 is 0 Å². The van der Waals surface area contributed by atoms with Gasteiger partial charge in [-0.3, -0.25) is 23.9 Å². The molecule has 0 N–H and O–H groups in total. The zero-order valence-electron chi connectivity index (χ0n) is 18.0. The van der Waals surface area contributed by atoms with E-state index in [0.717, 1.165) is 0 Å². The van der Waals surface area contributed by atoms with E-state index in [-0.39, 0.29) is 29.7 Å². The van der Waals surface area contributed by atoms with Gasteiger partial charge < -0.3 is 9.64 Å². The Kier molecular flexibility index (Phi) is 6.11. The normalized spacial score (nSPS) is 15.9. The number of carbonyl (C=O) groups excluding carboxylic acids is 2. The summed E-state index contributed by atoms with van der Waals surface area (Å²) in [5.74, 6) is -0.335. The van der Waals surface area contributed by atoms with Crippen LogP contribution in [0.2, 0.25) is 0 Å². The van der Waals surface area contributed by atoms with Gasteiger partial charge in [-0.2, -0.15) is 0 Å². The van der Waals surface area contributed by atoms with Gasteiger partial charge in [0.25, 0.3) is 11.5 Å². The van der Waals surface area contributed by atoms with Gasteiger partial charge in [0.1, 0.15) is 11.3 Å². The zero-order valence-corrected chi connectivity index (χ0v) is 18.0. The van der Waals surface area contributed by atoms with Crippen molar-refractivity contribution in [1.29, 1.82) is 0 Å². The molecule has 1 amide bonds. The maximum Gasteiger partial charge on any atom is 0.268 e. The summed E-state index contributed by atoms with van der Waals surface area (Å²) in [6, 6.07) is 10.3. The number of carbonyl (C=O) groups is 2. The molecule has 0 aliphatic carbocycles. The average molecular weight is 432 g/mol. The molecule has 3 aromatic rings. The number of ketones is 1. The summed E-state index contributed by atoms with van der Waals surface area (Å²) in [6.07, 6.45) is 6.11. The maximum atomic E-state index is 13.4. The van der Waals surface area contributed by atoms with Crippen LogP contribution in [0.3, 0.4) is 0 Å². The van der Waals surface area contributed by atoms with Crippen molar-refractivity contribution < 1.29 is 14.3 Å². The van der Waals surface area contributed by atoms with E-state index in [1.54, 1.807) is 60.6 Å². The van der Waals surface area contributed by atoms with Crippen LogP contribution in [-0.4, -0.2) is 51.3 Å². The highest BCUT2D eigenvalue weighted by atomic mass is 16.5. The van der Waals surface area contributed by atoms with Crippen molar-refractivity contribution in [2.75, 3.05) is 20.2 Å². The number of methoxy groups -OCH3 is 1. The Hall–Kier alpha value is -3.81. The highest BCUT2D eigenvalue weighted by Crippen LogP contribution is 2.22. The van der Waals surface area contributed by atoms with Gasteiger partial charge in [-0.1, -0.05) is 6.07 Å². The number of amides is 1. The molecule has 8 heteroatoms. The predicted octanol–water partition coefficient (Wildman–Crippen LogP) is 2.68. The number of ether oxygens (including phenoxy) is 1. The number of Topliss-reactive ketones (excluding diaryl/α,β-unsaturated/α-hetero) is 1. The Morgan fingerprint density at radius 3 is 2.66 bits per heavy atom. The Balaban J connectivity index is 1.61. The van der Waals surface area contributed by atoms with Crippen LogP contribution in [0.25, 0.3) is 5.69 Å². The molecule has 1 saturated heterocycles. The molecule has 1 fully saturated rings. The number of hydrogen-bond donors (Lipinski definition) is 0. The van der Waals surface area contributed by atoms with Crippen LogP contribution in [0, 0.1) is 12.8 Å². The third-order valence-electron chi connectivity index (χ3n) is 5.72. The van der Waals surface area contributed by atoms with Crippen molar-refractivity contribution in [3.05, 3.63) is 82.2 Å². The van der Waals surface area contributed by atoms with Crippen molar-refractivity contribution in [1.82, 2.24) is 19.4 Å². The third kappa shape index (κ3) is 4.16. The number of nitrogens with zero attached hydrogens (tertiary/aromatic N) is 4.